The number of rotatable bonds is 4. The summed E-state index contributed by atoms with van der Waals surface area (Å²) in [5.41, 5.74) is 2.96. The molecule has 1 aromatic rings. The highest BCUT2D eigenvalue weighted by molar-refractivity contribution is 5.97. The minimum absolute atomic E-state index is 0.00203. The predicted molar refractivity (Wildman–Crippen MR) is 75.1 cm³/mol. The molecule has 1 N–H and O–H groups in total. The van der Waals surface area contributed by atoms with Gasteiger partial charge in [-0.3, -0.25) is 4.79 Å². The lowest BCUT2D eigenvalue weighted by molar-refractivity contribution is 0.0939. The van der Waals surface area contributed by atoms with Crippen LogP contribution >= 0.6 is 0 Å². The fraction of sp³-hybridized carbons (Fsp3) is 0.562. The van der Waals surface area contributed by atoms with Crippen LogP contribution in [0.3, 0.4) is 0 Å². The lowest BCUT2D eigenvalue weighted by atomic mass is 9.83. The molecule has 0 bridgehead atoms. The summed E-state index contributed by atoms with van der Waals surface area (Å²) in [6, 6.07) is 5.99. The first-order valence-corrected chi connectivity index (χ1v) is 6.55. The van der Waals surface area contributed by atoms with Gasteiger partial charge in [-0.25, -0.2) is 0 Å². The molecule has 0 heterocycles. The van der Waals surface area contributed by atoms with Crippen molar-refractivity contribution >= 4 is 5.78 Å². The van der Waals surface area contributed by atoms with Crippen LogP contribution in [0.15, 0.2) is 18.2 Å². The van der Waals surface area contributed by atoms with Crippen molar-refractivity contribution in [3.8, 4) is 0 Å². The summed E-state index contributed by atoms with van der Waals surface area (Å²) in [5.74, 6) is 0.169. The Bertz CT molecular complexity index is 425. The molecule has 0 radical (unpaired) electrons. The van der Waals surface area contributed by atoms with Crippen LogP contribution in [0.4, 0.5) is 0 Å². The summed E-state index contributed by atoms with van der Waals surface area (Å²) in [5, 5.41) is 9.07. The number of carbonyl (C=O) groups is 1. The van der Waals surface area contributed by atoms with Crippen LogP contribution in [0.2, 0.25) is 0 Å². The van der Waals surface area contributed by atoms with Crippen LogP contribution in [0.25, 0.3) is 0 Å². The first kappa shape index (κ1) is 14.9. The summed E-state index contributed by atoms with van der Waals surface area (Å²) in [7, 11) is 0. The molecule has 0 fully saturated rings. The maximum Gasteiger partial charge on any atom is 0.165 e. The van der Waals surface area contributed by atoms with Gasteiger partial charge in [-0.2, -0.15) is 0 Å². The Hall–Kier alpha value is -1.15. The summed E-state index contributed by atoms with van der Waals surface area (Å²) in [4.78, 5) is 12.1. The van der Waals surface area contributed by atoms with E-state index in [1.807, 2.05) is 26.0 Å². The number of hydrogen-bond acceptors (Lipinski definition) is 2. The van der Waals surface area contributed by atoms with Gasteiger partial charge in [0.1, 0.15) is 0 Å². The van der Waals surface area contributed by atoms with Gasteiger partial charge in [0, 0.05) is 18.1 Å². The summed E-state index contributed by atoms with van der Waals surface area (Å²) < 4.78 is 0. The van der Waals surface area contributed by atoms with Gasteiger partial charge in [-0.15, -0.1) is 0 Å². The fourth-order valence-electron chi connectivity index (χ4n) is 1.87. The SMILES string of the molecule is CC(C)C(=O)c1cc(CCO)cc(C(C)(C)C)c1. The molecule has 2 nitrogen and oxygen atoms in total. The quantitative estimate of drug-likeness (QED) is 0.830. The molecule has 18 heavy (non-hydrogen) atoms. The highest BCUT2D eigenvalue weighted by Crippen LogP contribution is 2.26. The van der Waals surface area contributed by atoms with E-state index in [1.165, 1.54) is 0 Å². The van der Waals surface area contributed by atoms with Gasteiger partial charge in [0.25, 0.3) is 0 Å². The second-order valence-electron chi connectivity index (χ2n) is 6.16. The third-order valence-corrected chi connectivity index (χ3v) is 3.07. The zero-order valence-corrected chi connectivity index (χ0v) is 12.1. The third kappa shape index (κ3) is 3.67. The molecule has 100 valence electrons. The van der Waals surface area contributed by atoms with Crippen molar-refractivity contribution in [1.29, 1.82) is 0 Å². The van der Waals surface area contributed by atoms with E-state index < -0.39 is 0 Å². The highest BCUT2D eigenvalue weighted by atomic mass is 16.2. The Kier molecular flexibility index (Phi) is 4.69. The zero-order valence-electron chi connectivity index (χ0n) is 12.1. The normalized spacial score (nSPS) is 11.9. The average Bonchev–Trinajstić information content (AvgIpc) is 2.26. The van der Waals surface area contributed by atoms with Gasteiger partial charge < -0.3 is 5.11 Å². The Morgan fingerprint density at radius 1 is 1.22 bits per heavy atom. The van der Waals surface area contributed by atoms with Crippen LogP contribution in [0, 0.1) is 5.92 Å². The first-order valence-electron chi connectivity index (χ1n) is 6.55. The summed E-state index contributed by atoms with van der Waals surface area (Å²) in [6.45, 7) is 10.3. The second kappa shape index (κ2) is 5.66. The summed E-state index contributed by atoms with van der Waals surface area (Å²) >= 11 is 0. The topological polar surface area (TPSA) is 37.3 Å². The maximum absolute atomic E-state index is 12.1. The van der Waals surface area contributed by atoms with Crippen LogP contribution in [0.1, 0.15) is 56.1 Å². The second-order valence-corrected chi connectivity index (χ2v) is 6.16. The van der Waals surface area contributed by atoms with Gasteiger partial charge >= 0.3 is 0 Å². The van der Waals surface area contributed by atoms with E-state index in [4.69, 9.17) is 5.11 Å². The molecule has 0 spiro atoms. The molecule has 0 aromatic heterocycles. The molecule has 1 aromatic carbocycles. The van der Waals surface area contributed by atoms with Crippen molar-refractivity contribution in [2.24, 2.45) is 5.92 Å². The van der Waals surface area contributed by atoms with Crippen LogP contribution in [-0.2, 0) is 11.8 Å². The predicted octanol–water partition coefficient (Wildman–Crippen LogP) is 3.36. The number of benzene rings is 1. The van der Waals surface area contributed by atoms with Crippen molar-refractivity contribution in [1.82, 2.24) is 0 Å². The lowest BCUT2D eigenvalue weighted by Gasteiger charge is -2.21. The molecule has 0 aliphatic carbocycles. The first-order chi connectivity index (χ1) is 8.25. The smallest absolute Gasteiger partial charge is 0.165 e. The van der Waals surface area contributed by atoms with E-state index in [0.717, 1.165) is 16.7 Å². The Balaban J connectivity index is 3.26. The van der Waals surface area contributed by atoms with E-state index >= 15 is 0 Å². The number of hydrogen-bond donors (Lipinski definition) is 1. The molecule has 0 atom stereocenters. The van der Waals surface area contributed by atoms with Gasteiger partial charge in [0.05, 0.1) is 0 Å². The maximum atomic E-state index is 12.1. The standard InChI is InChI=1S/C16H24O2/c1-11(2)15(18)13-8-12(6-7-17)9-14(10-13)16(3,4)5/h8-11,17H,6-7H2,1-5H3. The molecule has 0 aliphatic heterocycles. The minimum atomic E-state index is 0.00203. The van der Waals surface area contributed by atoms with Crippen molar-refractivity contribution in [2.45, 2.75) is 46.5 Å². The molecule has 1 rings (SSSR count). The number of aliphatic hydroxyl groups is 1. The largest absolute Gasteiger partial charge is 0.396 e. The lowest BCUT2D eigenvalue weighted by Crippen LogP contribution is -2.15. The number of carbonyl (C=O) groups excluding carboxylic acids is 1. The van der Waals surface area contributed by atoms with E-state index in [0.29, 0.717) is 6.42 Å². The molecule has 0 saturated heterocycles. The van der Waals surface area contributed by atoms with Crippen molar-refractivity contribution in [3.05, 3.63) is 34.9 Å². The highest BCUT2D eigenvalue weighted by Gasteiger charge is 2.18. The van der Waals surface area contributed by atoms with Crippen molar-refractivity contribution < 1.29 is 9.90 Å². The van der Waals surface area contributed by atoms with Crippen LogP contribution in [0.5, 0.6) is 0 Å². The molecular weight excluding hydrogens is 224 g/mol. The van der Waals surface area contributed by atoms with Crippen LogP contribution in [-0.4, -0.2) is 17.5 Å². The Morgan fingerprint density at radius 2 is 1.83 bits per heavy atom. The molecule has 2 heteroatoms. The van der Waals surface area contributed by atoms with E-state index in [2.05, 4.69) is 26.8 Å². The summed E-state index contributed by atoms with van der Waals surface area (Å²) in [6.07, 6.45) is 0.599. The fourth-order valence-corrected chi connectivity index (χ4v) is 1.87. The molecular formula is C16H24O2. The van der Waals surface area contributed by atoms with Gasteiger partial charge in [-0.1, -0.05) is 40.7 Å². The van der Waals surface area contributed by atoms with Gasteiger partial charge in [-0.05, 0) is 35.1 Å². The number of ketones is 1. The molecule has 0 amide bonds. The average molecular weight is 248 g/mol. The zero-order chi connectivity index (χ0) is 13.9. The van der Waals surface area contributed by atoms with Gasteiger partial charge in [0.2, 0.25) is 0 Å². The molecule has 0 aliphatic rings. The van der Waals surface area contributed by atoms with E-state index in [9.17, 15) is 4.79 Å². The Morgan fingerprint density at radius 3 is 2.28 bits per heavy atom. The van der Waals surface area contributed by atoms with Crippen molar-refractivity contribution in [2.75, 3.05) is 6.61 Å². The van der Waals surface area contributed by atoms with Gasteiger partial charge in [0.15, 0.2) is 5.78 Å². The molecule has 0 saturated carbocycles. The minimum Gasteiger partial charge on any atom is -0.396 e. The van der Waals surface area contributed by atoms with E-state index in [-0.39, 0.29) is 23.7 Å². The monoisotopic (exact) mass is 248 g/mol. The number of aliphatic hydroxyl groups excluding tert-OH is 1. The Labute approximate surface area is 110 Å². The van der Waals surface area contributed by atoms with E-state index in [1.54, 1.807) is 0 Å². The third-order valence-electron chi connectivity index (χ3n) is 3.07. The van der Waals surface area contributed by atoms with Crippen molar-refractivity contribution in [3.63, 3.8) is 0 Å². The molecule has 0 unspecified atom stereocenters. The number of Topliss-reactive ketones (excluding diaryl/α,β-unsaturated/α-hetero) is 1. The van der Waals surface area contributed by atoms with Crippen LogP contribution < -0.4 is 0 Å².